The van der Waals surface area contributed by atoms with Crippen LogP contribution in [0, 0.1) is 0 Å². The number of nitrogens with zero attached hydrogens (tertiary/aromatic N) is 2. The van der Waals surface area contributed by atoms with Crippen molar-refractivity contribution in [2.45, 2.75) is 11.8 Å². The van der Waals surface area contributed by atoms with Crippen molar-refractivity contribution in [1.82, 2.24) is 9.97 Å². The molecule has 2 aromatic rings. The largest absolute Gasteiger partial charge is 0.477 e. The lowest BCUT2D eigenvalue weighted by Crippen LogP contribution is -2.02. The van der Waals surface area contributed by atoms with Gasteiger partial charge < -0.3 is 5.11 Å². The average molecular weight is 260 g/mol. The van der Waals surface area contributed by atoms with Gasteiger partial charge in [0, 0.05) is 16.7 Å². The first-order valence-electron chi connectivity index (χ1n) is 5.50. The van der Waals surface area contributed by atoms with E-state index in [4.69, 9.17) is 5.11 Å². The van der Waals surface area contributed by atoms with Gasteiger partial charge in [-0.2, -0.15) is 0 Å². The molecule has 0 radical (unpaired) electrons. The van der Waals surface area contributed by atoms with Crippen LogP contribution < -0.4 is 0 Å². The van der Waals surface area contributed by atoms with Gasteiger partial charge in [-0.3, -0.25) is 0 Å². The Balaban J connectivity index is 2.30. The number of thioether (sulfide) groups is 1. The van der Waals surface area contributed by atoms with Gasteiger partial charge in [-0.05, 0) is 24.0 Å². The zero-order valence-electron chi connectivity index (χ0n) is 9.83. The number of aromatic nitrogens is 2. The molecule has 0 saturated carbocycles. The summed E-state index contributed by atoms with van der Waals surface area (Å²) in [5.74, 6) is 0.407. The Kier molecular flexibility index (Phi) is 3.94. The van der Waals surface area contributed by atoms with Crippen LogP contribution in [0.1, 0.15) is 17.4 Å². The van der Waals surface area contributed by atoms with Crippen molar-refractivity contribution in [3.8, 4) is 11.4 Å². The van der Waals surface area contributed by atoms with Crippen molar-refractivity contribution in [3.05, 3.63) is 42.2 Å². The molecule has 0 saturated heterocycles. The zero-order valence-corrected chi connectivity index (χ0v) is 10.6. The van der Waals surface area contributed by atoms with Gasteiger partial charge in [0.1, 0.15) is 0 Å². The van der Waals surface area contributed by atoms with E-state index in [2.05, 4.69) is 16.9 Å². The molecule has 0 aliphatic heterocycles. The van der Waals surface area contributed by atoms with Crippen LogP contribution in [0.4, 0.5) is 0 Å². The number of hydrogen-bond acceptors (Lipinski definition) is 4. The number of hydrogen-bond donors (Lipinski definition) is 1. The summed E-state index contributed by atoms with van der Waals surface area (Å²) in [6.45, 7) is 2.10. The monoisotopic (exact) mass is 260 g/mol. The lowest BCUT2D eigenvalue weighted by Gasteiger charge is -2.02. The van der Waals surface area contributed by atoms with Crippen LogP contribution >= 0.6 is 11.8 Å². The fraction of sp³-hybridized carbons (Fsp3) is 0.154. The smallest absolute Gasteiger partial charge is 0.354 e. The van der Waals surface area contributed by atoms with Crippen LogP contribution in [0.15, 0.2) is 41.4 Å². The third-order valence-electron chi connectivity index (χ3n) is 2.30. The van der Waals surface area contributed by atoms with Crippen LogP contribution in [0.2, 0.25) is 0 Å². The van der Waals surface area contributed by atoms with Crippen LogP contribution in [-0.2, 0) is 0 Å². The molecule has 0 bridgehead atoms. The number of carboxylic acids is 1. The summed E-state index contributed by atoms with van der Waals surface area (Å²) in [5.41, 5.74) is 0.825. The number of carboxylic acid groups (broad SMARTS) is 1. The van der Waals surface area contributed by atoms with Gasteiger partial charge in [0.25, 0.3) is 0 Å². The Morgan fingerprint density at radius 2 is 2.00 bits per heavy atom. The molecular weight excluding hydrogens is 248 g/mol. The van der Waals surface area contributed by atoms with E-state index in [0.29, 0.717) is 5.82 Å². The molecule has 1 aromatic heterocycles. The highest BCUT2D eigenvalue weighted by Crippen LogP contribution is 2.21. The summed E-state index contributed by atoms with van der Waals surface area (Å²) in [4.78, 5) is 20.1. The number of aromatic carboxylic acids is 1. The van der Waals surface area contributed by atoms with E-state index in [1.54, 1.807) is 11.8 Å². The number of carbonyl (C=O) groups is 1. The lowest BCUT2D eigenvalue weighted by atomic mass is 10.2. The summed E-state index contributed by atoms with van der Waals surface area (Å²) in [5, 5.41) is 8.88. The Hall–Kier alpha value is -1.88. The maximum atomic E-state index is 10.8. The Bertz CT molecular complexity index is 555. The molecular formula is C13H12N2O2S. The van der Waals surface area contributed by atoms with Gasteiger partial charge in [0.05, 0.1) is 0 Å². The summed E-state index contributed by atoms with van der Waals surface area (Å²) in [6, 6.07) is 9.16. The summed E-state index contributed by atoms with van der Waals surface area (Å²) in [6.07, 6.45) is 1.46. The molecule has 0 amide bonds. The first kappa shape index (κ1) is 12.6. The average Bonchev–Trinajstić information content (AvgIpc) is 2.40. The third-order valence-corrected chi connectivity index (χ3v) is 3.19. The van der Waals surface area contributed by atoms with Crippen LogP contribution in [0.5, 0.6) is 0 Å². The minimum Gasteiger partial charge on any atom is -0.477 e. The van der Waals surface area contributed by atoms with Crippen LogP contribution in [-0.4, -0.2) is 26.8 Å². The number of rotatable bonds is 4. The predicted molar refractivity (Wildman–Crippen MR) is 70.8 cm³/mol. The molecule has 0 atom stereocenters. The molecule has 0 aliphatic rings. The second-order valence-electron chi connectivity index (χ2n) is 3.53. The SMILES string of the molecule is CCSc1ccc(-c2nccc(C(=O)O)n2)cc1. The third kappa shape index (κ3) is 2.87. The van der Waals surface area contributed by atoms with Crippen molar-refractivity contribution in [1.29, 1.82) is 0 Å². The van der Waals surface area contributed by atoms with E-state index in [1.807, 2.05) is 24.3 Å². The van der Waals surface area contributed by atoms with Crippen LogP contribution in [0.25, 0.3) is 11.4 Å². The molecule has 1 N–H and O–H groups in total. The molecule has 0 unspecified atom stereocenters. The Morgan fingerprint density at radius 3 is 2.61 bits per heavy atom. The molecule has 92 valence electrons. The van der Waals surface area contributed by atoms with Gasteiger partial charge in [-0.1, -0.05) is 19.1 Å². The molecule has 18 heavy (non-hydrogen) atoms. The first-order valence-corrected chi connectivity index (χ1v) is 6.49. The molecule has 5 heteroatoms. The number of benzene rings is 1. The van der Waals surface area contributed by atoms with Crippen LogP contribution in [0.3, 0.4) is 0 Å². The highest BCUT2D eigenvalue weighted by atomic mass is 32.2. The zero-order chi connectivity index (χ0) is 13.0. The van der Waals surface area contributed by atoms with Gasteiger partial charge in [0.15, 0.2) is 11.5 Å². The van der Waals surface area contributed by atoms with E-state index in [9.17, 15) is 4.79 Å². The fourth-order valence-electron chi connectivity index (χ4n) is 1.48. The summed E-state index contributed by atoms with van der Waals surface area (Å²) >= 11 is 1.75. The quantitative estimate of drug-likeness (QED) is 0.856. The highest BCUT2D eigenvalue weighted by molar-refractivity contribution is 7.99. The maximum absolute atomic E-state index is 10.8. The van der Waals surface area contributed by atoms with E-state index in [-0.39, 0.29) is 5.69 Å². The van der Waals surface area contributed by atoms with Gasteiger partial charge in [0.2, 0.25) is 0 Å². The maximum Gasteiger partial charge on any atom is 0.354 e. The second-order valence-corrected chi connectivity index (χ2v) is 4.87. The highest BCUT2D eigenvalue weighted by Gasteiger charge is 2.07. The van der Waals surface area contributed by atoms with E-state index in [0.717, 1.165) is 11.3 Å². The van der Waals surface area contributed by atoms with E-state index < -0.39 is 5.97 Å². The summed E-state index contributed by atoms with van der Waals surface area (Å²) in [7, 11) is 0. The molecule has 0 aliphatic carbocycles. The molecule has 2 rings (SSSR count). The van der Waals surface area contributed by atoms with Gasteiger partial charge in [-0.15, -0.1) is 11.8 Å². The molecule has 1 aromatic carbocycles. The fourth-order valence-corrected chi connectivity index (χ4v) is 2.15. The molecule has 0 spiro atoms. The standard InChI is InChI=1S/C13H12N2O2S/c1-2-18-10-5-3-9(4-6-10)12-14-8-7-11(15-12)13(16)17/h3-8H,2H2,1H3,(H,16,17). The predicted octanol–water partition coefficient (Wildman–Crippen LogP) is 2.95. The van der Waals surface area contributed by atoms with Crippen molar-refractivity contribution in [2.24, 2.45) is 0 Å². The minimum absolute atomic E-state index is 0.00649. The van der Waals surface area contributed by atoms with Crippen molar-refractivity contribution < 1.29 is 9.90 Å². The molecule has 4 nitrogen and oxygen atoms in total. The first-order chi connectivity index (χ1) is 8.70. The van der Waals surface area contributed by atoms with Crippen molar-refractivity contribution in [2.75, 3.05) is 5.75 Å². The van der Waals surface area contributed by atoms with E-state index >= 15 is 0 Å². The van der Waals surface area contributed by atoms with Gasteiger partial charge >= 0.3 is 5.97 Å². The van der Waals surface area contributed by atoms with E-state index in [1.165, 1.54) is 17.2 Å². The minimum atomic E-state index is -1.04. The molecule has 1 heterocycles. The summed E-state index contributed by atoms with van der Waals surface area (Å²) < 4.78 is 0. The Morgan fingerprint density at radius 1 is 1.28 bits per heavy atom. The molecule has 0 fully saturated rings. The topological polar surface area (TPSA) is 63.1 Å². The second kappa shape index (κ2) is 5.64. The normalized spacial score (nSPS) is 10.3. The Labute approximate surface area is 109 Å². The van der Waals surface area contributed by atoms with Crippen molar-refractivity contribution >= 4 is 17.7 Å². The van der Waals surface area contributed by atoms with Crippen molar-refractivity contribution in [3.63, 3.8) is 0 Å². The lowest BCUT2D eigenvalue weighted by molar-refractivity contribution is 0.0690. The van der Waals surface area contributed by atoms with Gasteiger partial charge in [-0.25, -0.2) is 14.8 Å².